The van der Waals surface area contributed by atoms with Crippen LogP contribution in [0.25, 0.3) is 0 Å². The van der Waals surface area contributed by atoms with Gasteiger partial charge in [0, 0.05) is 11.9 Å². The van der Waals surface area contributed by atoms with Crippen molar-refractivity contribution in [2.45, 2.75) is 53.4 Å². The zero-order valence-electron chi connectivity index (χ0n) is 8.85. The van der Waals surface area contributed by atoms with Gasteiger partial charge in [-0.05, 0) is 38.2 Å². The van der Waals surface area contributed by atoms with Crippen molar-refractivity contribution in [1.82, 2.24) is 0 Å². The van der Waals surface area contributed by atoms with Crippen LogP contribution in [0.5, 0.6) is 0 Å². The van der Waals surface area contributed by atoms with Crippen molar-refractivity contribution in [3.05, 3.63) is 11.3 Å². The van der Waals surface area contributed by atoms with Crippen LogP contribution in [0, 0.1) is 0 Å². The van der Waals surface area contributed by atoms with Crippen LogP contribution in [0.4, 0.5) is 0 Å². The summed E-state index contributed by atoms with van der Waals surface area (Å²) in [5, 5.41) is 0. The molecule has 0 bridgehead atoms. The van der Waals surface area contributed by atoms with E-state index in [1.165, 1.54) is 31.4 Å². The number of rotatable bonds is 2. The second-order valence-electron chi connectivity index (χ2n) is 2.64. The normalized spacial score (nSPS) is 16.7. The molecule has 0 saturated heterocycles. The van der Waals surface area contributed by atoms with Crippen LogP contribution in [0.2, 0.25) is 0 Å². The molecule has 0 N–H and O–H groups in total. The average molecular weight is 167 g/mol. The summed E-state index contributed by atoms with van der Waals surface area (Å²) in [4.78, 5) is 4.33. The van der Waals surface area contributed by atoms with Crippen molar-refractivity contribution < 1.29 is 0 Å². The summed E-state index contributed by atoms with van der Waals surface area (Å²) in [6.07, 6.45) is 6.88. The number of hydrogen-bond donors (Lipinski definition) is 0. The van der Waals surface area contributed by atoms with Gasteiger partial charge in [-0.15, -0.1) is 0 Å². The average Bonchev–Trinajstić information content (AvgIpc) is 2.56. The molecule has 0 spiro atoms. The Hall–Kier alpha value is -0.590. The van der Waals surface area contributed by atoms with E-state index in [9.17, 15) is 0 Å². The zero-order valence-corrected chi connectivity index (χ0v) is 8.85. The van der Waals surface area contributed by atoms with E-state index in [1.807, 2.05) is 27.0 Å². The molecule has 0 aromatic carbocycles. The van der Waals surface area contributed by atoms with E-state index in [-0.39, 0.29) is 0 Å². The molecule has 0 amide bonds. The quantitative estimate of drug-likeness (QED) is 0.552. The topological polar surface area (TPSA) is 12.4 Å². The van der Waals surface area contributed by atoms with Gasteiger partial charge in [0.2, 0.25) is 0 Å². The fraction of sp³-hybridized carbons (Fsp3) is 0.727. The van der Waals surface area contributed by atoms with Gasteiger partial charge in [-0.1, -0.05) is 20.8 Å². The third kappa shape index (κ3) is 3.21. The van der Waals surface area contributed by atoms with Crippen molar-refractivity contribution in [3.8, 4) is 0 Å². The lowest BCUT2D eigenvalue weighted by Crippen LogP contribution is -1.77. The third-order valence-electron chi connectivity index (χ3n) is 2.01. The molecule has 0 saturated carbocycles. The standard InChI is InChI=1S/C9H15N.C2H6/c1-3-8-6-5-7-9(8)10-4-2;1-2/h4H,3,5-7H2,1-2H3;1-2H3. The molecule has 1 nitrogen and oxygen atoms in total. The summed E-state index contributed by atoms with van der Waals surface area (Å²) in [6.45, 7) is 8.20. The lowest BCUT2D eigenvalue weighted by Gasteiger charge is -1.96. The van der Waals surface area contributed by atoms with Crippen LogP contribution in [0.3, 0.4) is 0 Å². The van der Waals surface area contributed by atoms with E-state index < -0.39 is 0 Å². The molecule has 0 atom stereocenters. The Labute approximate surface area is 76.6 Å². The van der Waals surface area contributed by atoms with Crippen LogP contribution in [0.15, 0.2) is 16.3 Å². The number of hydrogen-bond acceptors (Lipinski definition) is 1. The highest BCUT2D eigenvalue weighted by Gasteiger charge is 2.10. The van der Waals surface area contributed by atoms with Gasteiger partial charge < -0.3 is 0 Å². The predicted octanol–water partition coefficient (Wildman–Crippen LogP) is 3.95. The van der Waals surface area contributed by atoms with E-state index in [4.69, 9.17) is 0 Å². The van der Waals surface area contributed by atoms with Crippen molar-refractivity contribution in [2.24, 2.45) is 4.99 Å². The number of allylic oxidation sites excluding steroid dienone is 2. The van der Waals surface area contributed by atoms with E-state index >= 15 is 0 Å². The smallest absolute Gasteiger partial charge is 0.0391 e. The highest BCUT2D eigenvalue weighted by Crippen LogP contribution is 2.28. The molecule has 0 unspecified atom stereocenters. The van der Waals surface area contributed by atoms with E-state index in [1.54, 1.807) is 5.57 Å². The summed E-state index contributed by atoms with van der Waals surface area (Å²) in [5.74, 6) is 0. The molecule has 0 fully saturated rings. The molecule has 1 aliphatic carbocycles. The van der Waals surface area contributed by atoms with Crippen molar-refractivity contribution in [1.29, 1.82) is 0 Å². The lowest BCUT2D eigenvalue weighted by molar-refractivity contribution is 0.872. The molecule has 12 heavy (non-hydrogen) atoms. The molecular formula is C11H21N. The maximum Gasteiger partial charge on any atom is 0.0391 e. The van der Waals surface area contributed by atoms with Crippen LogP contribution in [-0.4, -0.2) is 6.21 Å². The Balaban J connectivity index is 0.000000561. The van der Waals surface area contributed by atoms with Gasteiger partial charge in [0.25, 0.3) is 0 Å². The predicted molar refractivity (Wildman–Crippen MR) is 56.7 cm³/mol. The highest BCUT2D eigenvalue weighted by atomic mass is 14.7. The molecule has 1 rings (SSSR count). The van der Waals surface area contributed by atoms with Gasteiger partial charge in [0.1, 0.15) is 0 Å². The monoisotopic (exact) mass is 167 g/mol. The second-order valence-corrected chi connectivity index (χ2v) is 2.64. The Morgan fingerprint density at radius 1 is 1.33 bits per heavy atom. The maximum absolute atomic E-state index is 4.33. The Morgan fingerprint density at radius 3 is 2.50 bits per heavy atom. The first-order valence-electron chi connectivity index (χ1n) is 5.08. The molecule has 0 aliphatic heterocycles. The SMILES string of the molecule is CC.CC=NC1=C(CC)CCC1. The van der Waals surface area contributed by atoms with Crippen LogP contribution < -0.4 is 0 Å². The Bertz CT molecular complexity index is 166. The third-order valence-corrected chi connectivity index (χ3v) is 2.01. The summed E-state index contributed by atoms with van der Waals surface area (Å²) in [7, 11) is 0. The Morgan fingerprint density at radius 2 is 2.00 bits per heavy atom. The largest absolute Gasteiger partial charge is 0.266 e. The minimum Gasteiger partial charge on any atom is -0.266 e. The van der Waals surface area contributed by atoms with Crippen molar-refractivity contribution in [2.75, 3.05) is 0 Å². The van der Waals surface area contributed by atoms with Crippen LogP contribution >= 0.6 is 0 Å². The summed E-state index contributed by atoms with van der Waals surface area (Å²) >= 11 is 0. The van der Waals surface area contributed by atoms with Gasteiger partial charge >= 0.3 is 0 Å². The lowest BCUT2D eigenvalue weighted by atomic mass is 10.2. The molecule has 0 heterocycles. The van der Waals surface area contributed by atoms with Gasteiger partial charge in [0.05, 0.1) is 0 Å². The molecule has 1 aliphatic rings. The molecule has 70 valence electrons. The Kier molecular flexibility index (Phi) is 6.73. The number of nitrogens with zero attached hydrogens (tertiary/aromatic N) is 1. The molecule has 0 aromatic rings. The summed E-state index contributed by atoms with van der Waals surface area (Å²) in [5.41, 5.74) is 2.92. The first-order valence-corrected chi connectivity index (χ1v) is 5.08. The fourth-order valence-corrected chi connectivity index (χ4v) is 1.48. The van der Waals surface area contributed by atoms with Gasteiger partial charge in [-0.25, -0.2) is 0 Å². The van der Waals surface area contributed by atoms with Crippen molar-refractivity contribution >= 4 is 6.21 Å². The number of aliphatic imine (C=N–C) groups is 1. The van der Waals surface area contributed by atoms with E-state index in [0.29, 0.717) is 0 Å². The zero-order chi connectivity index (χ0) is 9.40. The van der Waals surface area contributed by atoms with E-state index in [2.05, 4.69) is 11.9 Å². The molecule has 1 heteroatoms. The fourth-order valence-electron chi connectivity index (χ4n) is 1.48. The minimum absolute atomic E-state index is 1.19. The van der Waals surface area contributed by atoms with Gasteiger partial charge in [-0.3, -0.25) is 4.99 Å². The molecular weight excluding hydrogens is 146 g/mol. The van der Waals surface area contributed by atoms with Crippen molar-refractivity contribution in [3.63, 3.8) is 0 Å². The molecule has 0 radical (unpaired) electrons. The maximum atomic E-state index is 4.33. The highest BCUT2D eigenvalue weighted by molar-refractivity contribution is 5.55. The second kappa shape index (κ2) is 7.08. The van der Waals surface area contributed by atoms with Crippen LogP contribution in [0.1, 0.15) is 53.4 Å². The minimum atomic E-state index is 1.19. The first kappa shape index (κ1) is 11.4. The molecule has 0 aromatic heterocycles. The van der Waals surface area contributed by atoms with Gasteiger partial charge in [0.15, 0.2) is 0 Å². The summed E-state index contributed by atoms with van der Waals surface area (Å²) < 4.78 is 0. The van der Waals surface area contributed by atoms with Crippen LogP contribution in [-0.2, 0) is 0 Å². The first-order chi connectivity index (χ1) is 5.88. The van der Waals surface area contributed by atoms with Gasteiger partial charge in [-0.2, -0.15) is 0 Å². The van der Waals surface area contributed by atoms with E-state index in [0.717, 1.165) is 0 Å². The summed E-state index contributed by atoms with van der Waals surface area (Å²) in [6, 6.07) is 0.